The maximum atomic E-state index is 2.62. The normalized spacial score (nSPS) is 15.2. The van der Waals surface area contributed by atoms with E-state index in [0.717, 1.165) is 19.1 Å². The first-order chi connectivity index (χ1) is 8.81. The molecule has 1 aromatic heterocycles. The van der Waals surface area contributed by atoms with Crippen LogP contribution in [0.2, 0.25) is 0 Å². The van der Waals surface area contributed by atoms with Crippen molar-refractivity contribution < 1.29 is 0 Å². The Labute approximate surface area is 126 Å². The summed E-state index contributed by atoms with van der Waals surface area (Å²) in [4.78, 5) is 2.62. The highest BCUT2D eigenvalue weighted by molar-refractivity contribution is 14.1. The summed E-state index contributed by atoms with van der Waals surface area (Å²) in [6, 6.07) is 12.0. The molecule has 0 unspecified atom stereocenters. The lowest BCUT2D eigenvalue weighted by Crippen LogP contribution is -2.24. The number of rotatable bonds is 5. The van der Waals surface area contributed by atoms with Crippen LogP contribution in [-0.2, 0) is 13.1 Å². The van der Waals surface area contributed by atoms with Crippen LogP contribution in [-0.4, -0.2) is 10.9 Å². The van der Waals surface area contributed by atoms with Crippen LogP contribution in [0.25, 0.3) is 0 Å². The van der Waals surface area contributed by atoms with E-state index < -0.39 is 0 Å². The Balaban J connectivity index is 1.68. The fraction of sp³-hybridized carbons (Fsp3) is 0.333. The van der Waals surface area contributed by atoms with Crippen molar-refractivity contribution in [1.82, 2.24) is 4.90 Å². The molecular formula is C15H16INS. The van der Waals surface area contributed by atoms with E-state index in [9.17, 15) is 0 Å². The van der Waals surface area contributed by atoms with E-state index in [-0.39, 0.29) is 0 Å². The molecule has 18 heavy (non-hydrogen) atoms. The van der Waals surface area contributed by atoms with Gasteiger partial charge in [-0.05, 0) is 75.5 Å². The quantitative estimate of drug-likeness (QED) is 0.701. The first-order valence-corrected chi connectivity index (χ1v) is 8.33. The molecule has 0 atom stereocenters. The van der Waals surface area contributed by atoms with Gasteiger partial charge in [0.25, 0.3) is 0 Å². The fourth-order valence-electron chi connectivity index (χ4n) is 2.20. The van der Waals surface area contributed by atoms with Gasteiger partial charge < -0.3 is 0 Å². The second kappa shape index (κ2) is 5.72. The summed E-state index contributed by atoms with van der Waals surface area (Å²) in [6.45, 7) is 2.18. The molecule has 94 valence electrons. The standard InChI is InChI=1S/C15H16INS/c16-14-3-1-12(2-4-14)9-17(15-5-6-15)10-13-7-8-18-11-13/h1-4,7-8,11,15H,5-6,9-10H2. The molecule has 1 aromatic carbocycles. The molecular weight excluding hydrogens is 353 g/mol. The zero-order valence-electron chi connectivity index (χ0n) is 10.2. The summed E-state index contributed by atoms with van der Waals surface area (Å²) >= 11 is 4.16. The maximum Gasteiger partial charge on any atom is 0.0248 e. The second-order valence-electron chi connectivity index (χ2n) is 4.89. The summed E-state index contributed by atoms with van der Waals surface area (Å²) in [6.07, 6.45) is 2.74. The first kappa shape index (κ1) is 12.6. The van der Waals surface area contributed by atoms with Crippen molar-refractivity contribution in [2.45, 2.75) is 32.0 Å². The van der Waals surface area contributed by atoms with Gasteiger partial charge in [-0.2, -0.15) is 11.3 Å². The van der Waals surface area contributed by atoms with Gasteiger partial charge in [0.15, 0.2) is 0 Å². The number of hydrogen-bond acceptors (Lipinski definition) is 2. The third-order valence-corrected chi connectivity index (χ3v) is 4.78. The topological polar surface area (TPSA) is 3.24 Å². The van der Waals surface area contributed by atoms with Crippen LogP contribution in [0.3, 0.4) is 0 Å². The molecule has 1 fully saturated rings. The molecule has 1 aliphatic rings. The Hall–Kier alpha value is -0.390. The number of halogens is 1. The molecule has 0 saturated heterocycles. The van der Waals surface area contributed by atoms with E-state index in [1.807, 2.05) is 0 Å². The molecule has 0 bridgehead atoms. The Bertz CT molecular complexity index is 488. The number of thiophene rings is 1. The maximum absolute atomic E-state index is 2.62. The highest BCUT2D eigenvalue weighted by Gasteiger charge is 2.28. The van der Waals surface area contributed by atoms with Crippen LogP contribution >= 0.6 is 33.9 Å². The Morgan fingerprint density at radius 1 is 1.06 bits per heavy atom. The zero-order chi connectivity index (χ0) is 12.4. The number of benzene rings is 1. The van der Waals surface area contributed by atoms with Gasteiger partial charge in [0.05, 0.1) is 0 Å². The Morgan fingerprint density at radius 3 is 2.39 bits per heavy atom. The highest BCUT2D eigenvalue weighted by Crippen LogP contribution is 2.30. The van der Waals surface area contributed by atoms with Crippen LogP contribution < -0.4 is 0 Å². The predicted molar refractivity (Wildman–Crippen MR) is 85.7 cm³/mol. The highest BCUT2D eigenvalue weighted by atomic mass is 127. The Morgan fingerprint density at radius 2 is 1.78 bits per heavy atom. The number of hydrogen-bond donors (Lipinski definition) is 0. The molecule has 1 nitrogen and oxygen atoms in total. The van der Waals surface area contributed by atoms with E-state index in [1.165, 1.54) is 27.5 Å². The van der Waals surface area contributed by atoms with Crippen molar-refractivity contribution in [2.75, 3.05) is 0 Å². The smallest absolute Gasteiger partial charge is 0.0248 e. The van der Waals surface area contributed by atoms with Gasteiger partial charge in [-0.1, -0.05) is 12.1 Å². The molecule has 0 aliphatic heterocycles. The average molecular weight is 369 g/mol. The number of nitrogens with zero attached hydrogens (tertiary/aromatic N) is 1. The second-order valence-corrected chi connectivity index (χ2v) is 6.92. The molecule has 3 rings (SSSR count). The van der Waals surface area contributed by atoms with E-state index in [0.29, 0.717) is 0 Å². The van der Waals surface area contributed by atoms with Gasteiger partial charge in [0.1, 0.15) is 0 Å². The van der Waals surface area contributed by atoms with Crippen molar-refractivity contribution in [3.05, 3.63) is 55.8 Å². The van der Waals surface area contributed by atoms with Gasteiger partial charge in [-0.25, -0.2) is 0 Å². The van der Waals surface area contributed by atoms with Crippen LogP contribution in [0.1, 0.15) is 24.0 Å². The monoisotopic (exact) mass is 369 g/mol. The summed E-state index contributed by atoms with van der Waals surface area (Å²) in [5, 5.41) is 4.44. The molecule has 1 aliphatic carbocycles. The van der Waals surface area contributed by atoms with E-state index in [1.54, 1.807) is 11.3 Å². The van der Waals surface area contributed by atoms with Gasteiger partial charge in [0, 0.05) is 22.7 Å². The first-order valence-electron chi connectivity index (χ1n) is 6.31. The molecule has 0 spiro atoms. The van der Waals surface area contributed by atoms with Crippen molar-refractivity contribution in [3.8, 4) is 0 Å². The molecule has 0 N–H and O–H groups in total. The third kappa shape index (κ3) is 3.33. The molecule has 3 heteroatoms. The summed E-state index contributed by atoms with van der Waals surface area (Å²) in [7, 11) is 0. The summed E-state index contributed by atoms with van der Waals surface area (Å²) < 4.78 is 1.31. The van der Waals surface area contributed by atoms with Crippen LogP contribution in [0.5, 0.6) is 0 Å². The van der Waals surface area contributed by atoms with Gasteiger partial charge in [0.2, 0.25) is 0 Å². The van der Waals surface area contributed by atoms with Crippen LogP contribution in [0.4, 0.5) is 0 Å². The van der Waals surface area contributed by atoms with Crippen molar-refractivity contribution in [3.63, 3.8) is 0 Å². The predicted octanol–water partition coefficient (Wildman–Crippen LogP) is 4.52. The lowest BCUT2D eigenvalue weighted by molar-refractivity contribution is 0.246. The van der Waals surface area contributed by atoms with Gasteiger partial charge >= 0.3 is 0 Å². The van der Waals surface area contributed by atoms with Gasteiger partial charge in [-0.3, -0.25) is 4.90 Å². The minimum Gasteiger partial charge on any atom is -0.292 e. The third-order valence-electron chi connectivity index (χ3n) is 3.33. The molecule has 0 radical (unpaired) electrons. The molecule has 0 amide bonds. The van der Waals surface area contributed by atoms with E-state index in [2.05, 4.69) is 68.6 Å². The lowest BCUT2D eigenvalue weighted by atomic mass is 10.2. The minimum absolute atomic E-state index is 0.809. The zero-order valence-corrected chi connectivity index (χ0v) is 13.2. The average Bonchev–Trinajstić information content (AvgIpc) is 3.10. The van der Waals surface area contributed by atoms with Crippen LogP contribution in [0, 0.1) is 3.57 Å². The van der Waals surface area contributed by atoms with Crippen LogP contribution in [0.15, 0.2) is 41.1 Å². The van der Waals surface area contributed by atoms with E-state index >= 15 is 0 Å². The SMILES string of the molecule is Ic1ccc(CN(Cc2ccsc2)C2CC2)cc1. The molecule has 1 heterocycles. The van der Waals surface area contributed by atoms with Crippen molar-refractivity contribution in [2.24, 2.45) is 0 Å². The lowest BCUT2D eigenvalue weighted by Gasteiger charge is -2.21. The minimum atomic E-state index is 0.809. The van der Waals surface area contributed by atoms with Crippen molar-refractivity contribution in [1.29, 1.82) is 0 Å². The van der Waals surface area contributed by atoms with Crippen molar-refractivity contribution >= 4 is 33.9 Å². The van der Waals surface area contributed by atoms with E-state index in [4.69, 9.17) is 0 Å². The summed E-state index contributed by atoms with van der Waals surface area (Å²) in [5.74, 6) is 0. The fourth-order valence-corrected chi connectivity index (χ4v) is 3.21. The molecule has 2 aromatic rings. The largest absolute Gasteiger partial charge is 0.292 e. The molecule has 1 saturated carbocycles. The Kier molecular flexibility index (Phi) is 4.01. The van der Waals surface area contributed by atoms with Gasteiger partial charge in [-0.15, -0.1) is 0 Å². The summed E-state index contributed by atoms with van der Waals surface area (Å²) in [5.41, 5.74) is 2.88.